The molecule has 2 aliphatic rings. The Morgan fingerprint density at radius 1 is 1.14 bits per heavy atom. The van der Waals surface area contributed by atoms with Crippen molar-refractivity contribution in [1.82, 2.24) is 15.4 Å². The summed E-state index contributed by atoms with van der Waals surface area (Å²) >= 11 is 0. The predicted molar refractivity (Wildman–Crippen MR) is 84.2 cm³/mol. The van der Waals surface area contributed by atoms with Crippen LogP contribution in [0.1, 0.15) is 35.5 Å². The number of aromatic nitrogens is 2. The topological polar surface area (TPSA) is 53.1 Å². The Hall–Kier alpha value is -2.36. The molecule has 0 fully saturated rings. The van der Waals surface area contributed by atoms with Crippen LogP contribution in [0, 0.1) is 0 Å². The molecule has 0 saturated carbocycles. The van der Waals surface area contributed by atoms with E-state index in [0.29, 0.717) is 0 Å². The molecule has 0 radical (unpaired) electrons. The van der Waals surface area contributed by atoms with Crippen molar-refractivity contribution in [2.24, 2.45) is 5.10 Å². The van der Waals surface area contributed by atoms with E-state index in [-0.39, 0.29) is 0 Å². The van der Waals surface area contributed by atoms with Crippen LogP contribution in [0.2, 0.25) is 0 Å². The highest BCUT2D eigenvalue weighted by Gasteiger charge is 2.18. The van der Waals surface area contributed by atoms with Crippen molar-refractivity contribution in [3.8, 4) is 0 Å². The minimum atomic E-state index is 0.760. The standard InChI is InChI=1S/C17H18N4/c1-2-6-15-12(5-1)9-14(20-15)10-13-11-19-21-17(13)16-7-3-4-8-18-16/h3-4,7-10,19-20H,1-2,5-6,11H2/b13-10+. The van der Waals surface area contributed by atoms with E-state index in [2.05, 4.69) is 32.6 Å². The lowest BCUT2D eigenvalue weighted by Gasteiger charge is -2.08. The molecule has 1 aliphatic heterocycles. The largest absolute Gasteiger partial charge is 0.359 e. The third-order valence-electron chi connectivity index (χ3n) is 4.14. The van der Waals surface area contributed by atoms with Crippen molar-refractivity contribution in [3.63, 3.8) is 0 Å². The fourth-order valence-corrected chi connectivity index (χ4v) is 3.10. The van der Waals surface area contributed by atoms with Crippen molar-refractivity contribution in [2.75, 3.05) is 6.54 Å². The number of nitrogens with one attached hydrogen (secondary N) is 2. The van der Waals surface area contributed by atoms with E-state index in [4.69, 9.17) is 0 Å². The van der Waals surface area contributed by atoms with Crippen LogP contribution in [0.15, 0.2) is 41.1 Å². The minimum absolute atomic E-state index is 0.760. The van der Waals surface area contributed by atoms with Crippen LogP contribution in [0.25, 0.3) is 6.08 Å². The average molecular weight is 278 g/mol. The van der Waals surface area contributed by atoms with E-state index in [9.17, 15) is 0 Å². The van der Waals surface area contributed by atoms with E-state index in [1.54, 1.807) is 6.20 Å². The van der Waals surface area contributed by atoms with Gasteiger partial charge in [-0.05, 0) is 55.5 Å². The zero-order valence-corrected chi connectivity index (χ0v) is 11.9. The van der Waals surface area contributed by atoms with Gasteiger partial charge in [0.2, 0.25) is 0 Å². The molecular formula is C17H18N4. The van der Waals surface area contributed by atoms with Crippen molar-refractivity contribution in [1.29, 1.82) is 0 Å². The lowest BCUT2D eigenvalue weighted by atomic mass is 9.98. The Labute approximate surface area is 124 Å². The van der Waals surface area contributed by atoms with Crippen LogP contribution in [-0.4, -0.2) is 22.2 Å². The van der Waals surface area contributed by atoms with Gasteiger partial charge >= 0.3 is 0 Å². The predicted octanol–water partition coefficient (Wildman–Crippen LogP) is 2.68. The van der Waals surface area contributed by atoms with E-state index >= 15 is 0 Å². The highest BCUT2D eigenvalue weighted by molar-refractivity contribution is 6.15. The van der Waals surface area contributed by atoms with Gasteiger partial charge in [0.25, 0.3) is 0 Å². The van der Waals surface area contributed by atoms with Crippen molar-refractivity contribution >= 4 is 11.8 Å². The molecule has 1 aliphatic carbocycles. The summed E-state index contributed by atoms with van der Waals surface area (Å²) in [7, 11) is 0. The molecule has 0 amide bonds. The molecule has 4 rings (SSSR count). The second kappa shape index (κ2) is 5.20. The highest BCUT2D eigenvalue weighted by Crippen LogP contribution is 2.23. The summed E-state index contributed by atoms with van der Waals surface area (Å²) < 4.78 is 0. The van der Waals surface area contributed by atoms with Crippen molar-refractivity contribution in [3.05, 3.63) is 58.7 Å². The van der Waals surface area contributed by atoms with Gasteiger partial charge in [-0.25, -0.2) is 0 Å². The smallest absolute Gasteiger partial charge is 0.114 e. The molecule has 0 aromatic carbocycles. The van der Waals surface area contributed by atoms with Crippen molar-refractivity contribution in [2.45, 2.75) is 25.7 Å². The molecule has 3 heterocycles. The summed E-state index contributed by atoms with van der Waals surface area (Å²) in [6.45, 7) is 0.760. The molecule has 0 atom stereocenters. The third kappa shape index (κ3) is 2.37. The number of aromatic amines is 1. The lowest BCUT2D eigenvalue weighted by Crippen LogP contribution is -2.05. The summed E-state index contributed by atoms with van der Waals surface area (Å²) in [4.78, 5) is 7.95. The molecule has 21 heavy (non-hydrogen) atoms. The normalized spacial score (nSPS) is 19.2. The Bertz CT molecular complexity index is 686. The van der Waals surface area contributed by atoms with Gasteiger partial charge in [-0.3, -0.25) is 4.98 Å². The average Bonchev–Trinajstić information content (AvgIpc) is 3.14. The zero-order chi connectivity index (χ0) is 14.1. The number of hydrogen-bond acceptors (Lipinski definition) is 3. The number of fused-ring (bicyclic) bond motifs is 1. The molecule has 0 spiro atoms. The van der Waals surface area contributed by atoms with Gasteiger partial charge in [-0.2, -0.15) is 5.10 Å². The van der Waals surface area contributed by atoms with Gasteiger partial charge in [0.1, 0.15) is 5.71 Å². The monoisotopic (exact) mass is 278 g/mol. The maximum Gasteiger partial charge on any atom is 0.114 e. The fourth-order valence-electron chi connectivity index (χ4n) is 3.10. The summed E-state index contributed by atoms with van der Waals surface area (Å²) in [6.07, 6.45) is 8.99. The first-order valence-corrected chi connectivity index (χ1v) is 7.54. The second-order valence-corrected chi connectivity index (χ2v) is 5.62. The summed E-state index contributed by atoms with van der Waals surface area (Å²) in [5, 5.41) is 4.39. The first kappa shape index (κ1) is 12.4. The molecule has 0 bridgehead atoms. The van der Waals surface area contributed by atoms with Crippen LogP contribution >= 0.6 is 0 Å². The number of hydrogen-bond donors (Lipinski definition) is 2. The van der Waals surface area contributed by atoms with Crippen LogP contribution in [0.5, 0.6) is 0 Å². The highest BCUT2D eigenvalue weighted by atomic mass is 15.3. The number of nitrogens with zero attached hydrogens (tertiary/aromatic N) is 2. The summed E-state index contributed by atoms with van der Waals surface area (Å²) in [5.41, 5.74) is 10.2. The molecule has 2 aromatic heterocycles. The molecule has 2 N–H and O–H groups in total. The number of pyridine rings is 1. The molecular weight excluding hydrogens is 260 g/mol. The van der Waals surface area contributed by atoms with Gasteiger partial charge in [-0.1, -0.05) is 6.07 Å². The van der Waals surface area contributed by atoms with E-state index in [0.717, 1.165) is 18.0 Å². The Morgan fingerprint density at radius 2 is 2.10 bits per heavy atom. The third-order valence-corrected chi connectivity index (χ3v) is 4.14. The molecule has 106 valence electrons. The van der Waals surface area contributed by atoms with Crippen molar-refractivity contribution < 1.29 is 0 Å². The maximum absolute atomic E-state index is 4.40. The molecule has 0 saturated heterocycles. The first-order chi connectivity index (χ1) is 10.4. The van der Waals surface area contributed by atoms with E-state index in [1.807, 2.05) is 18.2 Å². The van der Waals surface area contributed by atoms with Gasteiger partial charge in [0, 0.05) is 23.2 Å². The minimum Gasteiger partial charge on any atom is -0.359 e. The molecule has 4 nitrogen and oxygen atoms in total. The van der Waals surface area contributed by atoms with Gasteiger partial charge in [0.05, 0.1) is 12.2 Å². The SMILES string of the molecule is C(=C1/CNN=C1c1ccccn1)/c1cc2c([nH]1)CCCC2. The summed E-state index contributed by atoms with van der Waals surface area (Å²) in [5.74, 6) is 0. The van der Waals surface area contributed by atoms with Gasteiger partial charge < -0.3 is 10.4 Å². The Balaban J connectivity index is 1.66. The number of rotatable bonds is 2. The number of hydrazone groups is 1. The van der Waals surface area contributed by atoms with Crippen LogP contribution < -0.4 is 5.43 Å². The van der Waals surface area contributed by atoms with Crippen LogP contribution in [-0.2, 0) is 12.8 Å². The second-order valence-electron chi connectivity index (χ2n) is 5.62. The first-order valence-electron chi connectivity index (χ1n) is 7.54. The quantitative estimate of drug-likeness (QED) is 0.887. The fraction of sp³-hybridized carbons (Fsp3) is 0.294. The summed E-state index contributed by atoms with van der Waals surface area (Å²) in [6, 6.07) is 8.21. The number of aryl methyl sites for hydroxylation is 2. The zero-order valence-electron chi connectivity index (χ0n) is 11.9. The number of H-pyrrole nitrogens is 1. The molecule has 4 heteroatoms. The molecule has 2 aromatic rings. The van der Waals surface area contributed by atoms with Gasteiger partial charge in [0.15, 0.2) is 0 Å². The van der Waals surface area contributed by atoms with Gasteiger partial charge in [-0.15, -0.1) is 0 Å². The lowest BCUT2D eigenvalue weighted by molar-refractivity contribution is 0.677. The van der Waals surface area contributed by atoms with E-state index < -0.39 is 0 Å². The molecule has 0 unspecified atom stereocenters. The van der Waals surface area contributed by atoms with Crippen LogP contribution in [0.4, 0.5) is 0 Å². The maximum atomic E-state index is 4.40. The van der Waals surface area contributed by atoms with Crippen LogP contribution in [0.3, 0.4) is 0 Å². The van der Waals surface area contributed by atoms with E-state index in [1.165, 1.54) is 48.2 Å². The Morgan fingerprint density at radius 3 is 2.95 bits per heavy atom. The Kier molecular flexibility index (Phi) is 3.07.